The van der Waals surface area contributed by atoms with Crippen molar-refractivity contribution >= 4 is 34.8 Å². The van der Waals surface area contributed by atoms with Crippen LogP contribution in [0, 0.1) is 0 Å². The maximum absolute atomic E-state index is 12.0. The van der Waals surface area contributed by atoms with Crippen molar-refractivity contribution in [1.82, 2.24) is 0 Å². The molecular weight excluding hydrogens is 333 g/mol. The van der Waals surface area contributed by atoms with Crippen LogP contribution in [0.15, 0.2) is 36.4 Å². The van der Waals surface area contributed by atoms with Crippen molar-refractivity contribution in [2.45, 2.75) is 25.7 Å². The first kappa shape index (κ1) is 16.2. The molecule has 1 N–H and O–H groups in total. The Bertz CT molecular complexity index is 731. The van der Waals surface area contributed by atoms with Crippen LogP contribution in [-0.4, -0.2) is 12.5 Å². The van der Waals surface area contributed by atoms with Crippen molar-refractivity contribution in [3.8, 4) is 5.75 Å². The number of amides is 1. The highest BCUT2D eigenvalue weighted by Crippen LogP contribution is 2.29. The molecule has 0 unspecified atom stereocenters. The van der Waals surface area contributed by atoms with E-state index in [9.17, 15) is 4.79 Å². The number of aryl methyl sites for hydroxylation is 2. The Hall–Kier alpha value is -1.71. The second-order valence-corrected chi connectivity index (χ2v) is 6.36. The van der Waals surface area contributed by atoms with Gasteiger partial charge in [0.1, 0.15) is 5.75 Å². The lowest BCUT2D eigenvalue weighted by Gasteiger charge is -2.16. The van der Waals surface area contributed by atoms with Crippen molar-refractivity contribution in [2.24, 2.45) is 0 Å². The highest BCUT2D eigenvalue weighted by molar-refractivity contribution is 6.43. The molecule has 0 saturated carbocycles. The van der Waals surface area contributed by atoms with Gasteiger partial charge in [-0.05, 0) is 61.1 Å². The van der Waals surface area contributed by atoms with Crippen molar-refractivity contribution in [2.75, 3.05) is 11.9 Å². The van der Waals surface area contributed by atoms with Crippen LogP contribution in [0.2, 0.25) is 10.0 Å². The van der Waals surface area contributed by atoms with E-state index in [1.165, 1.54) is 24.0 Å². The number of benzene rings is 2. The van der Waals surface area contributed by atoms with E-state index in [1.807, 2.05) is 12.1 Å². The van der Waals surface area contributed by atoms with Gasteiger partial charge < -0.3 is 10.1 Å². The molecule has 0 heterocycles. The average molecular weight is 350 g/mol. The standard InChI is InChI=1S/C18H17Cl2NO2/c19-15-6-3-7-16(18(15)20)21-17(22)11-23-14-9-8-12-4-1-2-5-13(12)10-14/h3,6-10H,1-2,4-5,11H2,(H,21,22). The Morgan fingerprint density at radius 3 is 2.70 bits per heavy atom. The van der Waals surface area contributed by atoms with E-state index < -0.39 is 0 Å². The fourth-order valence-corrected chi connectivity index (χ4v) is 3.08. The summed E-state index contributed by atoms with van der Waals surface area (Å²) in [5.74, 6) is 0.449. The summed E-state index contributed by atoms with van der Waals surface area (Å²) in [6, 6.07) is 11.1. The minimum absolute atomic E-state index is 0.0678. The predicted octanol–water partition coefficient (Wildman–Crippen LogP) is 4.89. The minimum Gasteiger partial charge on any atom is -0.484 e. The minimum atomic E-state index is -0.271. The quantitative estimate of drug-likeness (QED) is 0.853. The molecule has 1 amide bonds. The monoisotopic (exact) mass is 349 g/mol. The fraction of sp³-hybridized carbons (Fsp3) is 0.278. The van der Waals surface area contributed by atoms with E-state index in [-0.39, 0.29) is 12.5 Å². The smallest absolute Gasteiger partial charge is 0.262 e. The SMILES string of the molecule is O=C(COc1ccc2c(c1)CCCC2)Nc1cccc(Cl)c1Cl. The summed E-state index contributed by atoms with van der Waals surface area (Å²) in [7, 11) is 0. The normalized spacial score (nSPS) is 13.3. The first-order chi connectivity index (χ1) is 11.1. The van der Waals surface area contributed by atoms with Gasteiger partial charge in [0, 0.05) is 0 Å². The van der Waals surface area contributed by atoms with E-state index in [1.54, 1.807) is 18.2 Å². The van der Waals surface area contributed by atoms with Gasteiger partial charge in [0.05, 0.1) is 15.7 Å². The largest absolute Gasteiger partial charge is 0.484 e. The molecule has 2 aromatic carbocycles. The van der Waals surface area contributed by atoms with E-state index in [2.05, 4.69) is 11.4 Å². The molecule has 0 saturated heterocycles. The van der Waals surface area contributed by atoms with Gasteiger partial charge in [-0.25, -0.2) is 0 Å². The number of hydrogen-bond acceptors (Lipinski definition) is 2. The molecular formula is C18H17Cl2NO2. The number of hydrogen-bond donors (Lipinski definition) is 1. The molecule has 2 aromatic rings. The van der Waals surface area contributed by atoms with E-state index in [4.69, 9.17) is 27.9 Å². The average Bonchev–Trinajstić information content (AvgIpc) is 2.57. The fourth-order valence-electron chi connectivity index (χ4n) is 2.74. The van der Waals surface area contributed by atoms with Crippen LogP contribution in [0.5, 0.6) is 5.75 Å². The number of halogens is 2. The van der Waals surface area contributed by atoms with Gasteiger partial charge in [-0.15, -0.1) is 0 Å². The highest BCUT2D eigenvalue weighted by Gasteiger charge is 2.12. The van der Waals surface area contributed by atoms with Crippen LogP contribution in [0.25, 0.3) is 0 Å². The second kappa shape index (κ2) is 7.24. The topological polar surface area (TPSA) is 38.3 Å². The van der Waals surface area contributed by atoms with Crippen LogP contribution in [-0.2, 0) is 17.6 Å². The van der Waals surface area contributed by atoms with Crippen LogP contribution >= 0.6 is 23.2 Å². The molecule has 1 aliphatic carbocycles. The number of carbonyl (C=O) groups excluding carboxylic acids is 1. The molecule has 0 aromatic heterocycles. The molecule has 23 heavy (non-hydrogen) atoms. The lowest BCUT2D eigenvalue weighted by atomic mass is 9.92. The van der Waals surface area contributed by atoms with Crippen molar-refractivity contribution in [1.29, 1.82) is 0 Å². The Balaban J connectivity index is 1.60. The summed E-state index contributed by atoms with van der Waals surface area (Å²) < 4.78 is 5.59. The lowest BCUT2D eigenvalue weighted by Crippen LogP contribution is -2.20. The van der Waals surface area contributed by atoms with Gasteiger partial charge >= 0.3 is 0 Å². The zero-order valence-corrected chi connectivity index (χ0v) is 14.1. The number of rotatable bonds is 4. The molecule has 0 aliphatic heterocycles. The molecule has 0 fully saturated rings. The van der Waals surface area contributed by atoms with E-state index >= 15 is 0 Å². The Labute approximate surface area is 145 Å². The van der Waals surface area contributed by atoms with Gasteiger partial charge in [-0.1, -0.05) is 35.3 Å². The predicted molar refractivity (Wildman–Crippen MR) is 93.7 cm³/mol. The zero-order chi connectivity index (χ0) is 16.2. The van der Waals surface area contributed by atoms with Crippen LogP contribution in [0.3, 0.4) is 0 Å². The molecule has 0 atom stereocenters. The first-order valence-corrected chi connectivity index (χ1v) is 8.37. The lowest BCUT2D eigenvalue weighted by molar-refractivity contribution is -0.118. The number of ether oxygens (including phenoxy) is 1. The molecule has 1 aliphatic rings. The van der Waals surface area contributed by atoms with Gasteiger partial charge in [0.25, 0.3) is 5.91 Å². The molecule has 3 rings (SSSR count). The van der Waals surface area contributed by atoms with Crippen molar-refractivity contribution in [3.63, 3.8) is 0 Å². The van der Waals surface area contributed by atoms with Crippen LogP contribution in [0.4, 0.5) is 5.69 Å². The number of fused-ring (bicyclic) bond motifs is 1. The second-order valence-electron chi connectivity index (χ2n) is 5.58. The van der Waals surface area contributed by atoms with Gasteiger partial charge in [-0.2, -0.15) is 0 Å². The Morgan fingerprint density at radius 1 is 1.09 bits per heavy atom. The molecule has 120 valence electrons. The van der Waals surface area contributed by atoms with E-state index in [0.717, 1.165) is 18.6 Å². The third-order valence-corrected chi connectivity index (χ3v) is 4.73. The summed E-state index contributed by atoms with van der Waals surface area (Å²) in [5, 5.41) is 3.44. The number of nitrogens with one attached hydrogen (secondary N) is 1. The van der Waals surface area contributed by atoms with Gasteiger partial charge in [0.15, 0.2) is 6.61 Å². The van der Waals surface area contributed by atoms with Gasteiger partial charge in [-0.3, -0.25) is 4.79 Å². The number of carbonyl (C=O) groups is 1. The maximum atomic E-state index is 12.0. The molecule has 3 nitrogen and oxygen atoms in total. The summed E-state index contributed by atoms with van der Waals surface area (Å²) in [6.45, 7) is -0.0678. The molecule has 5 heteroatoms. The number of anilines is 1. The Morgan fingerprint density at radius 2 is 1.87 bits per heavy atom. The maximum Gasteiger partial charge on any atom is 0.262 e. The summed E-state index contributed by atoms with van der Waals surface area (Å²) in [4.78, 5) is 12.0. The van der Waals surface area contributed by atoms with Crippen LogP contribution in [0.1, 0.15) is 24.0 Å². The summed E-state index contributed by atoms with van der Waals surface area (Å²) >= 11 is 12.0. The van der Waals surface area contributed by atoms with Crippen molar-refractivity contribution in [3.05, 3.63) is 57.6 Å². The third-order valence-electron chi connectivity index (χ3n) is 3.92. The molecule has 0 radical (unpaired) electrons. The summed E-state index contributed by atoms with van der Waals surface area (Å²) in [5.41, 5.74) is 3.20. The highest BCUT2D eigenvalue weighted by atomic mass is 35.5. The van der Waals surface area contributed by atoms with Crippen LogP contribution < -0.4 is 10.1 Å². The zero-order valence-electron chi connectivity index (χ0n) is 12.6. The summed E-state index contributed by atoms with van der Waals surface area (Å²) in [6.07, 6.45) is 4.67. The van der Waals surface area contributed by atoms with Gasteiger partial charge in [0.2, 0.25) is 0 Å². The molecule has 0 spiro atoms. The van der Waals surface area contributed by atoms with E-state index in [0.29, 0.717) is 15.7 Å². The Kier molecular flexibility index (Phi) is 5.09. The first-order valence-electron chi connectivity index (χ1n) is 7.62. The molecule has 0 bridgehead atoms. The third kappa shape index (κ3) is 3.98. The van der Waals surface area contributed by atoms with Crippen molar-refractivity contribution < 1.29 is 9.53 Å².